The number of aromatic nitrogens is 1. The van der Waals surface area contributed by atoms with E-state index >= 15 is 0 Å². The van der Waals surface area contributed by atoms with Gasteiger partial charge in [-0.1, -0.05) is 23.2 Å². The molecule has 1 aromatic rings. The van der Waals surface area contributed by atoms with Gasteiger partial charge in [0.1, 0.15) is 5.15 Å². The van der Waals surface area contributed by atoms with Crippen LogP contribution in [-0.2, 0) is 16.0 Å². The first-order valence-corrected chi connectivity index (χ1v) is 4.91. The van der Waals surface area contributed by atoms with Gasteiger partial charge < -0.3 is 4.74 Å². The fraction of sp³-hybridized carbons (Fsp3) is 0.333. The monoisotopic (exact) mass is 269 g/mol. The molecule has 0 aliphatic heterocycles. The third kappa shape index (κ3) is 3.02. The fourth-order valence-corrected chi connectivity index (χ4v) is 1.37. The van der Waals surface area contributed by atoms with Gasteiger partial charge in [-0.3, -0.25) is 4.79 Å². The molecule has 3 nitrogen and oxygen atoms in total. The minimum atomic E-state index is -2.78. The maximum Gasteiger partial charge on any atom is 0.311 e. The topological polar surface area (TPSA) is 39.2 Å². The van der Waals surface area contributed by atoms with Crippen LogP contribution in [0.4, 0.5) is 8.78 Å². The molecular formula is C9H7Cl2F2NO2. The summed E-state index contributed by atoms with van der Waals surface area (Å²) in [5.74, 6) is -0.673. The predicted molar refractivity (Wildman–Crippen MR) is 54.9 cm³/mol. The lowest BCUT2D eigenvalue weighted by atomic mass is 10.1. The van der Waals surface area contributed by atoms with Crippen LogP contribution in [0.15, 0.2) is 6.07 Å². The second-order valence-corrected chi connectivity index (χ2v) is 3.62. The van der Waals surface area contributed by atoms with Crippen LogP contribution < -0.4 is 0 Å². The van der Waals surface area contributed by atoms with E-state index in [0.717, 1.165) is 13.2 Å². The van der Waals surface area contributed by atoms with Crippen LogP contribution >= 0.6 is 23.2 Å². The number of carbonyl (C=O) groups excluding carboxylic acids is 1. The van der Waals surface area contributed by atoms with Crippen molar-refractivity contribution in [2.75, 3.05) is 7.11 Å². The van der Waals surface area contributed by atoms with E-state index in [1.807, 2.05) is 0 Å². The molecule has 1 aromatic heterocycles. The van der Waals surface area contributed by atoms with Gasteiger partial charge in [-0.25, -0.2) is 13.8 Å². The summed E-state index contributed by atoms with van der Waals surface area (Å²) in [5, 5.41) is -0.199. The lowest BCUT2D eigenvalue weighted by Crippen LogP contribution is -2.09. The molecule has 1 rings (SSSR count). The van der Waals surface area contributed by atoms with E-state index in [0.29, 0.717) is 0 Å². The molecule has 1 heterocycles. The molecule has 0 atom stereocenters. The Balaban J connectivity index is 3.14. The zero-order valence-electron chi connectivity index (χ0n) is 8.14. The summed E-state index contributed by atoms with van der Waals surface area (Å²) < 4.78 is 29.6. The fourth-order valence-electron chi connectivity index (χ4n) is 1.06. The normalized spacial score (nSPS) is 10.6. The third-order valence-corrected chi connectivity index (χ3v) is 2.49. The van der Waals surface area contributed by atoms with Crippen molar-refractivity contribution < 1.29 is 18.3 Å². The highest BCUT2D eigenvalue weighted by Gasteiger charge is 2.19. The largest absolute Gasteiger partial charge is 0.469 e. The van der Waals surface area contributed by atoms with E-state index in [1.54, 1.807) is 0 Å². The number of hydrogen-bond acceptors (Lipinski definition) is 3. The lowest BCUT2D eigenvalue weighted by Gasteiger charge is -2.08. The molecular weight excluding hydrogens is 263 g/mol. The van der Waals surface area contributed by atoms with E-state index in [4.69, 9.17) is 23.2 Å². The van der Waals surface area contributed by atoms with E-state index in [-0.39, 0.29) is 22.3 Å². The highest BCUT2D eigenvalue weighted by Crippen LogP contribution is 2.29. The van der Waals surface area contributed by atoms with E-state index in [1.165, 1.54) is 0 Å². The summed E-state index contributed by atoms with van der Waals surface area (Å²) in [5.41, 5.74) is -0.545. The number of ether oxygens (including phenoxy) is 1. The van der Waals surface area contributed by atoms with Gasteiger partial charge in [0.15, 0.2) is 0 Å². The highest BCUT2D eigenvalue weighted by molar-refractivity contribution is 6.41. The second kappa shape index (κ2) is 5.41. The molecule has 0 radical (unpaired) electrons. The highest BCUT2D eigenvalue weighted by atomic mass is 35.5. The Morgan fingerprint density at radius 1 is 1.56 bits per heavy atom. The van der Waals surface area contributed by atoms with Gasteiger partial charge in [0.25, 0.3) is 6.43 Å². The molecule has 0 fully saturated rings. The summed E-state index contributed by atoms with van der Waals surface area (Å²) >= 11 is 11.1. The zero-order chi connectivity index (χ0) is 12.3. The molecule has 88 valence electrons. The summed E-state index contributed by atoms with van der Waals surface area (Å²) in [4.78, 5) is 14.6. The van der Waals surface area contributed by atoms with E-state index in [9.17, 15) is 13.6 Å². The van der Waals surface area contributed by atoms with Gasteiger partial charge in [0.05, 0.1) is 24.2 Å². The van der Waals surface area contributed by atoms with Crippen molar-refractivity contribution in [3.63, 3.8) is 0 Å². The molecule has 0 unspecified atom stereocenters. The maximum absolute atomic E-state index is 12.6. The van der Waals surface area contributed by atoms with Crippen LogP contribution in [0.1, 0.15) is 17.7 Å². The number of methoxy groups -OCH3 is 1. The molecule has 16 heavy (non-hydrogen) atoms. The number of nitrogens with zero attached hydrogens (tertiary/aromatic N) is 1. The average Bonchev–Trinajstić information content (AvgIpc) is 2.22. The predicted octanol–water partition coefficient (Wildman–Crippen LogP) is 3.04. The van der Waals surface area contributed by atoms with Crippen LogP contribution in [0, 0.1) is 0 Å². The molecule has 0 aliphatic rings. The van der Waals surface area contributed by atoms with Crippen molar-refractivity contribution in [1.82, 2.24) is 4.98 Å². The Morgan fingerprint density at radius 2 is 2.19 bits per heavy atom. The van der Waals surface area contributed by atoms with E-state index in [2.05, 4.69) is 9.72 Å². The molecule has 0 aliphatic carbocycles. The van der Waals surface area contributed by atoms with Gasteiger partial charge in [-0.15, -0.1) is 0 Å². The molecule has 0 N–H and O–H groups in total. The number of pyridine rings is 1. The Hall–Kier alpha value is -0.940. The summed E-state index contributed by atoms with van der Waals surface area (Å²) in [6.07, 6.45) is -3.14. The first-order valence-electron chi connectivity index (χ1n) is 4.15. The first kappa shape index (κ1) is 13.1. The standard InChI is InChI=1S/C9H7Cl2F2NO2/c1-16-7(15)3-6-4(9(12)13)2-5(10)8(11)14-6/h2,9H,3H2,1H3. The van der Waals surface area contributed by atoms with Crippen LogP contribution in [0.3, 0.4) is 0 Å². The molecule has 0 spiro atoms. The Bertz CT molecular complexity index is 413. The minimum absolute atomic E-state index is 0.0782. The van der Waals surface area contributed by atoms with Crippen LogP contribution in [0.2, 0.25) is 10.2 Å². The SMILES string of the molecule is COC(=O)Cc1nc(Cl)c(Cl)cc1C(F)F. The average molecular weight is 270 g/mol. The zero-order valence-corrected chi connectivity index (χ0v) is 9.65. The molecule has 0 saturated heterocycles. The summed E-state index contributed by atoms with van der Waals surface area (Å²) in [6.45, 7) is 0. The van der Waals surface area contributed by atoms with Crippen molar-refractivity contribution >= 4 is 29.2 Å². The van der Waals surface area contributed by atoms with Crippen molar-refractivity contribution in [2.24, 2.45) is 0 Å². The molecule has 0 saturated carbocycles. The smallest absolute Gasteiger partial charge is 0.311 e. The van der Waals surface area contributed by atoms with Gasteiger partial charge in [-0.05, 0) is 6.07 Å². The molecule has 0 aromatic carbocycles. The number of esters is 1. The Morgan fingerprint density at radius 3 is 2.69 bits per heavy atom. The van der Waals surface area contributed by atoms with Gasteiger partial charge in [0.2, 0.25) is 0 Å². The lowest BCUT2D eigenvalue weighted by molar-refractivity contribution is -0.139. The van der Waals surface area contributed by atoms with Crippen molar-refractivity contribution in [1.29, 1.82) is 0 Å². The van der Waals surface area contributed by atoms with Crippen LogP contribution in [-0.4, -0.2) is 18.1 Å². The summed E-state index contributed by atoms with van der Waals surface area (Å²) in [7, 11) is 1.15. The second-order valence-electron chi connectivity index (χ2n) is 2.85. The number of carbonyl (C=O) groups is 1. The maximum atomic E-state index is 12.6. The quantitative estimate of drug-likeness (QED) is 0.626. The van der Waals surface area contributed by atoms with Crippen LogP contribution in [0.5, 0.6) is 0 Å². The Labute approximate surface area is 100 Å². The summed E-state index contributed by atoms with van der Waals surface area (Å²) in [6, 6.07) is 1.000. The number of halogens is 4. The van der Waals surface area contributed by atoms with Gasteiger partial charge in [0, 0.05) is 5.56 Å². The van der Waals surface area contributed by atoms with Crippen LogP contribution in [0.25, 0.3) is 0 Å². The third-order valence-electron chi connectivity index (χ3n) is 1.82. The van der Waals surface area contributed by atoms with Gasteiger partial charge >= 0.3 is 5.97 Å². The van der Waals surface area contributed by atoms with Crippen molar-refractivity contribution in [2.45, 2.75) is 12.8 Å². The van der Waals surface area contributed by atoms with E-state index < -0.39 is 18.0 Å². The van der Waals surface area contributed by atoms with Crippen molar-refractivity contribution in [3.8, 4) is 0 Å². The number of hydrogen-bond donors (Lipinski definition) is 0. The number of rotatable bonds is 3. The Kier molecular flexibility index (Phi) is 4.44. The van der Waals surface area contributed by atoms with Gasteiger partial charge in [-0.2, -0.15) is 0 Å². The molecule has 0 amide bonds. The minimum Gasteiger partial charge on any atom is -0.469 e. The first-order chi connectivity index (χ1) is 7.45. The number of alkyl halides is 2. The molecule has 7 heteroatoms. The van der Waals surface area contributed by atoms with Crippen molar-refractivity contribution in [3.05, 3.63) is 27.5 Å². The molecule has 0 bridgehead atoms.